The van der Waals surface area contributed by atoms with Gasteiger partial charge in [0.25, 0.3) is 0 Å². The van der Waals surface area contributed by atoms with Crippen molar-refractivity contribution in [3.63, 3.8) is 0 Å². The number of benzene rings is 2. The topological polar surface area (TPSA) is 117 Å². The Balaban J connectivity index is 1.53. The molecule has 1 aliphatic heterocycles. The summed E-state index contributed by atoms with van der Waals surface area (Å²) in [6, 6.07) is 10.1. The standard InChI is InChI=1S/C22H21BF2N6O3/c24-16-2-1-3-17(25)19(16)29-22-28-18-12-26-21(27-14-6-4-13(5-7-14)23(32)33)30-20(18)31(22)15-8-10-34-11-9-15/h1-7,12,15,32-33H,8-11H2,(H,28,29)(H,26,27,30). The maximum Gasteiger partial charge on any atom is 0.488 e. The van der Waals surface area contributed by atoms with Crippen LogP contribution >= 0.6 is 0 Å². The van der Waals surface area contributed by atoms with Crippen molar-refractivity contribution in [1.29, 1.82) is 0 Å². The average Bonchev–Trinajstić information content (AvgIpc) is 3.20. The molecule has 12 heteroatoms. The zero-order chi connectivity index (χ0) is 23.7. The van der Waals surface area contributed by atoms with E-state index in [9.17, 15) is 18.8 Å². The highest BCUT2D eigenvalue weighted by molar-refractivity contribution is 6.58. The van der Waals surface area contributed by atoms with Gasteiger partial charge in [0.15, 0.2) is 5.65 Å². The van der Waals surface area contributed by atoms with E-state index in [0.717, 1.165) is 0 Å². The molecule has 2 aromatic heterocycles. The smallest absolute Gasteiger partial charge is 0.423 e. The molecule has 1 saturated heterocycles. The molecule has 0 bridgehead atoms. The van der Waals surface area contributed by atoms with Gasteiger partial charge in [-0.05, 0) is 42.6 Å². The summed E-state index contributed by atoms with van der Waals surface area (Å²) in [4.78, 5) is 13.4. The number of hydrogen-bond acceptors (Lipinski definition) is 8. The molecule has 4 N–H and O–H groups in total. The molecule has 2 aromatic carbocycles. The third-order valence-corrected chi connectivity index (χ3v) is 5.65. The van der Waals surface area contributed by atoms with Gasteiger partial charge in [-0.15, -0.1) is 0 Å². The summed E-state index contributed by atoms with van der Waals surface area (Å²) in [5.41, 5.74) is 1.69. The number of hydrogen-bond donors (Lipinski definition) is 4. The van der Waals surface area contributed by atoms with E-state index in [-0.39, 0.29) is 17.7 Å². The Bertz CT molecular complexity index is 1290. The van der Waals surface area contributed by atoms with Gasteiger partial charge in [-0.3, -0.25) is 4.57 Å². The number of aromatic nitrogens is 4. The van der Waals surface area contributed by atoms with Gasteiger partial charge in [-0.1, -0.05) is 18.2 Å². The molecule has 0 saturated carbocycles. The molecule has 34 heavy (non-hydrogen) atoms. The molecule has 4 aromatic rings. The van der Waals surface area contributed by atoms with Crippen LogP contribution in [0, 0.1) is 11.6 Å². The minimum atomic E-state index is -1.55. The van der Waals surface area contributed by atoms with Gasteiger partial charge in [0.1, 0.15) is 22.8 Å². The molecule has 0 atom stereocenters. The number of para-hydroxylation sites is 1. The van der Waals surface area contributed by atoms with E-state index in [4.69, 9.17) is 4.74 Å². The number of anilines is 4. The first-order valence-electron chi connectivity index (χ1n) is 10.8. The van der Waals surface area contributed by atoms with Gasteiger partial charge in [0.2, 0.25) is 11.9 Å². The third kappa shape index (κ3) is 4.43. The van der Waals surface area contributed by atoms with Gasteiger partial charge in [0.05, 0.1) is 6.20 Å². The lowest BCUT2D eigenvalue weighted by molar-refractivity contribution is 0.0710. The van der Waals surface area contributed by atoms with Gasteiger partial charge in [-0.25, -0.2) is 18.7 Å². The van der Waals surface area contributed by atoms with Crippen molar-refractivity contribution in [2.75, 3.05) is 23.8 Å². The fraction of sp³-hybridized carbons (Fsp3) is 0.227. The predicted molar refractivity (Wildman–Crippen MR) is 124 cm³/mol. The lowest BCUT2D eigenvalue weighted by Gasteiger charge is -2.25. The average molecular weight is 466 g/mol. The number of fused-ring (bicyclic) bond motifs is 1. The van der Waals surface area contributed by atoms with E-state index in [1.54, 1.807) is 24.3 Å². The molecule has 174 valence electrons. The van der Waals surface area contributed by atoms with E-state index < -0.39 is 18.8 Å². The lowest BCUT2D eigenvalue weighted by atomic mass is 9.80. The normalized spacial score (nSPS) is 14.4. The van der Waals surface area contributed by atoms with E-state index >= 15 is 0 Å². The second-order valence-corrected chi connectivity index (χ2v) is 7.89. The van der Waals surface area contributed by atoms with Crippen LogP contribution in [0.4, 0.5) is 32.1 Å². The number of imidazole rings is 1. The first-order chi connectivity index (χ1) is 16.5. The van der Waals surface area contributed by atoms with Crippen LogP contribution in [0.2, 0.25) is 0 Å². The Kier molecular flexibility index (Phi) is 6.09. The van der Waals surface area contributed by atoms with Crippen LogP contribution in [0.5, 0.6) is 0 Å². The molecule has 0 radical (unpaired) electrons. The first kappa shape index (κ1) is 22.2. The van der Waals surface area contributed by atoms with Crippen LogP contribution in [0.25, 0.3) is 11.2 Å². The Labute approximate surface area is 193 Å². The van der Waals surface area contributed by atoms with Crippen LogP contribution in [-0.2, 0) is 4.74 Å². The monoisotopic (exact) mass is 466 g/mol. The second kappa shape index (κ2) is 9.33. The lowest BCUT2D eigenvalue weighted by Crippen LogP contribution is -2.29. The summed E-state index contributed by atoms with van der Waals surface area (Å²) < 4.78 is 36.0. The van der Waals surface area contributed by atoms with Crippen molar-refractivity contribution in [1.82, 2.24) is 19.5 Å². The first-order valence-corrected chi connectivity index (χ1v) is 10.8. The highest BCUT2D eigenvalue weighted by atomic mass is 19.1. The summed E-state index contributed by atoms with van der Waals surface area (Å²) in [5, 5.41) is 24.4. The number of halogens is 2. The molecule has 0 amide bonds. The van der Waals surface area contributed by atoms with Crippen molar-refractivity contribution >= 4 is 47.0 Å². The van der Waals surface area contributed by atoms with Crippen LogP contribution in [0.1, 0.15) is 18.9 Å². The summed E-state index contributed by atoms with van der Waals surface area (Å²) >= 11 is 0. The zero-order valence-corrected chi connectivity index (χ0v) is 17.9. The fourth-order valence-electron chi connectivity index (χ4n) is 3.93. The molecular weight excluding hydrogens is 445 g/mol. The Morgan fingerprint density at radius 1 is 0.971 bits per heavy atom. The van der Waals surface area contributed by atoms with E-state index in [0.29, 0.717) is 54.3 Å². The molecule has 5 rings (SSSR count). The summed E-state index contributed by atoms with van der Waals surface area (Å²) in [7, 11) is -1.55. The number of nitrogens with one attached hydrogen (secondary N) is 2. The molecule has 1 aliphatic rings. The van der Waals surface area contributed by atoms with Crippen molar-refractivity contribution in [3.05, 3.63) is 60.3 Å². The second-order valence-electron chi connectivity index (χ2n) is 7.89. The third-order valence-electron chi connectivity index (χ3n) is 5.65. The van der Waals surface area contributed by atoms with Crippen molar-refractivity contribution in [2.45, 2.75) is 18.9 Å². The number of ether oxygens (including phenoxy) is 1. The summed E-state index contributed by atoms with van der Waals surface area (Å²) in [6.45, 7) is 1.11. The Morgan fingerprint density at radius 3 is 2.35 bits per heavy atom. The van der Waals surface area contributed by atoms with Crippen LogP contribution in [0.15, 0.2) is 48.7 Å². The molecular formula is C22H21BF2N6O3. The van der Waals surface area contributed by atoms with Gasteiger partial charge >= 0.3 is 7.12 Å². The number of rotatable bonds is 6. The maximum atomic E-state index is 14.3. The van der Waals surface area contributed by atoms with Crippen LogP contribution < -0.4 is 16.1 Å². The zero-order valence-electron chi connectivity index (χ0n) is 17.9. The van der Waals surface area contributed by atoms with Crippen LogP contribution in [-0.4, -0.2) is 49.9 Å². The van der Waals surface area contributed by atoms with Gasteiger partial charge in [-0.2, -0.15) is 4.98 Å². The van der Waals surface area contributed by atoms with Gasteiger partial charge < -0.3 is 25.4 Å². The van der Waals surface area contributed by atoms with Crippen molar-refractivity contribution in [3.8, 4) is 0 Å². The molecule has 3 heterocycles. The maximum absolute atomic E-state index is 14.3. The van der Waals surface area contributed by atoms with Crippen molar-refractivity contribution in [2.24, 2.45) is 0 Å². The molecule has 1 fully saturated rings. The summed E-state index contributed by atoms with van der Waals surface area (Å²) in [6.07, 6.45) is 2.92. The van der Waals surface area contributed by atoms with Gasteiger partial charge in [0, 0.05) is 24.9 Å². The number of nitrogens with zero attached hydrogens (tertiary/aromatic N) is 4. The fourth-order valence-corrected chi connectivity index (χ4v) is 3.93. The summed E-state index contributed by atoms with van der Waals surface area (Å²) in [5.74, 6) is -0.897. The molecule has 9 nitrogen and oxygen atoms in total. The highest BCUT2D eigenvalue weighted by Gasteiger charge is 2.24. The largest absolute Gasteiger partial charge is 0.488 e. The molecule has 0 aliphatic carbocycles. The predicted octanol–water partition coefficient (Wildman–Crippen LogP) is 2.62. The Hall–Kier alpha value is -3.61. The van der Waals surface area contributed by atoms with E-state index in [1.807, 2.05) is 4.57 Å². The van der Waals surface area contributed by atoms with E-state index in [1.165, 1.54) is 24.4 Å². The quantitative estimate of drug-likeness (QED) is 0.321. The van der Waals surface area contributed by atoms with Crippen LogP contribution in [0.3, 0.4) is 0 Å². The SMILES string of the molecule is OB(O)c1ccc(Nc2ncc3nc(Nc4c(F)cccc4F)n(C4CCOCC4)c3n2)cc1. The minimum Gasteiger partial charge on any atom is -0.423 e. The Morgan fingerprint density at radius 2 is 1.68 bits per heavy atom. The molecule has 0 unspecified atom stereocenters. The van der Waals surface area contributed by atoms with Crippen molar-refractivity contribution < 1.29 is 23.6 Å². The van der Waals surface area contributed by atoms with E-state index in [2.05, 4.69) is 25.6 Å². The minimum absolute atomic E-state index is 0.0378. The highest BCUT2D eigenvalue weighted by Crippen LogP contribution is 2.32. The molecule has 0 spiro atoms.